The Morgan fingerprint density at radius 2 is 1.70 bits per heavy atom. The molecule has 8 nitrogen and oxygen atoms in total. The molecule has 1 fully saturated rings. The molecule has 1 aromatic carbocycles. The van der Waals surface area contributed by atoms with Crippen molar-refractivity contribution < 1.29 is 28.8 Å². The van der Waals surface area contributed by atoms with E-state index in [1.165, 1.54) is 0 Å². The van der Waals surface area contributed by atoms with Gasteiger partial charge in [-0.15, -0.1) is 0 Å². The maximum absolute atomic E-state index is 12.8. The summed E-state index contributed by atoms with van der Waals surface area (Å²) in [5.41, 5.74) is 0.458. The number of anilines is 1. The largest absolute Gasteiger partial charge is 0.494 e. The van der Waals surface area contributed by atoms with Crippen molar-refractivity contribution in [2.75, 3.05) is 11.9 Å². The molecule has 0 aliphatic carbocycles. The van der Waals surface area contributed by atoms with Crippen molar-refractivity contribution >= 4 is 47.7 Å². The zero-order valence-electron chi connectivity index (χ0n) is 19.4. The van der Waals surface area contributed by atoms with E-state index in [-0.39, 0.29) is 23.7 Å². The maximum atomic E-state index is 12.8. The summed E-state index contributed by atoms with van der Waals surface area (Å²) in [6.07, 6.45) is 2.73. The number of rotatable bonds is 10. The zero-order chi connectivity index (χ0) is 24.4. The molecule has 1 saturated heterocycles. The SMILES string of the molecule is CC1(C)OB(c2cccc(NC3=C(Cl)C(=O)N(CCCCCCC(=O)O)C3=O)c2)OC1(C)C. The number of unbranched alkanes of at least 4 members (excludes halogenated alkanes) is 3. The van der Waals surface area contributed by atoms with Crippen molar-refractivity contribution in [1.82, 2.24) is 4.90 Å². The van der Waals surface area contributed by atoms with Gasteiger partial charge >= 0.3 is 13.1 Å². The van der Waals surface area contributed by atoms with Gasteiger partial charge in [-0.2, -0.15) is 0 Å². The summed E-state index contributed by atoms with van der Waals surface area (Å²) in [6, 6.07) is 7.27. The number of nitrogens with one attached hydrogen (secondary N) is 1. The number of nitrogens with zero attached hydrogens (tertiary/aromatic N) is 1. The third kappa shape index (κ3) is 5.59. The average Bonchev–Trinajstić information content (AvgIpc) is 3.08. The first kappa shape index (κ1) is 25.3. The predicted molar refractivity (Wildman–Crippen MR) is 126 cm³/mol. The summed E-state index contributed by atoms with van der Waals surface area (Å²) < 4.78 is 12.2. The number of carbonyl (C=O) groups excluding carboxylic acids is 2. The topological polar surface area (TPSA) is 105 Å². The molecule has 2 aliphatic heterocycles. The van der Waals surface area contributed by atoms with Gasteiger partial charge in [0.1, 0.15) is 10.7 Å². The van der Waals surface area contributed by atoms with Gasteiger partial charge in [-0.1, -0.05) is 36.6 Å². The smallest absolute Gasteiger partial charge is 0.481 e. The fourth-order valence-electron chi connectivity index (χ4n) is 3.64. The normalized spacial score (nSPS) is 19.5. The summed E-state index contributed by atoms with van der Waals surface area (Å²) >= 11 is 6.20. The van der Waals surface area contributed by atoms with Crippen LogP contribution in [0.1, 0.15) is 59.8 Å². The van der Waals surface area contributed by atoms with Crippen molar-refractivity contribution in [1.29, 1.82) is 0 Å². The van der Waals surface area contributed by atoms with Gasteiger partial charge in [0.25, 0.3) is 11.8 Å². The van der Waals surface area contributed by atoms with Crippen LogP contribution in [-0.4, -0.2) is 52.7 Å². The maximum Gasteiger partial charge on any atom is 0.494 e. The quantitative estimate of drug-likeness (QED) is 0.303. The summed E-state index contributed by atoms with van der Waals surface area (Å²) in [7, 11) is -0.556. The standard InChI is InChI=1S/C23H30BClN2O6/c1-22(2)23(3,4)33-24(32-22)15-10-9-11-16(14-15)26-19-18(25)20(30)27(21(19)31)13-8-6-5-7-12-17(28)29/h9-11,14,26H,5-8,12-13H2,1-4H3,(H,28,29). The van der Waals surface area contributed by atoms with Gasteiger partial charge in [-0.25, -0.2) is 0 Å². The van der Waals surface area contributed by atoms with E-state index in [4.69, 9.17) is 26.0 Å². The zero-order valence-corrected chi connectivity index (χ0v) is 20.2. The van der Waals surface area contributed by atoms with E-state index in [2.05, 4.69) is 5.32 Å². The van der Waals surface area contributed by atoms with E-state index in [1.807, 2.05) is 45.9 Å². The number of carboxylic acid groups (broad SMARTS) is 1. The molecule has 33 heavy (non-hydrogen) atoms. The van der Waals surface area contributed by atoms with E-state index < -0.39 is 36.1 Å². The minimum absolute atomic E-state index is 0.0404. The molecule has 3 rings (SSSR count). The molecular formula is C23H30BClN2O6. The van der Waals surface area contributed by atoms with Crippen molar-refractivity contribution in [2.45, 2.75) is 71.0 Å². The van der Waals surface area contributed by atoms with Crippen LogP contribution in [0.2, 0.25) is 0 Å². The van der Waals surface area contributed by atoms with Crippen molar-refractivity contribution in [3.8, 4) is 0 Å². The van der Waals surface area contributed by atoms with Crippen molar-refractivity contribution in [3.05, 3.63) is 35.0 Å². The van der Waals surface area contributed by atoms with Crippen LogP contribution >= 0.6 is 11.6 Å². The van der Waals surface area contributed by atoms with Crippen LogP contribution in [0.15, 0.2) is 35.0 Å². The predicted octanol–water partition coefficient (Wildman–Crippen LogP) is 3.25. The highest BCUT2D eigenvalue weighted by Gasteiger charge is 2.51. The third-order valence-corrected chi connectivity index (χ3v) is 6.67. The number of hydrogen-bond acceptors (Lipinski definition) is 6. The monoisotopic (exact) mass is 476 g/mol. The van der Waals surface area contributed by atoms with Gasteiger partial charge in [0, 0.05) is 18.7 Å². The van der Waals surface area contributed by atoms with E-state index in [0.717, 1.165) is 23.2 Å². The van der Waals surface area contributed by atoms with Crippen LogP contribution in [0, 0.1) is 0 Å². The highest BCUT2D eigenvalue weighted by molar-refractivity contribution is 6.62. The van der Waals surface area contributed by atoms with Crippen LogP contribution in [-0.2, 0) is 23.7 Å². The number of halogens is 1. The highest BCUT2D eigenvalue weighted by atomic mass is 35.5. The lowest BCUT2D eigenvalue weighted by Gasteiger charge is -2.32. The summed E-state index contributed by atoms with van der Waals surface area (Å²) in [6.45, 7) is 8.14. The lowest BCUT2D eigenvalue weighted by Crippen LogP contribution is -2.41. The Hall–Kier alpha value is -2.36. The fraction of sp³-hybridized carbons (Fsp3) is 0.522. The van der Waals surface area contributed by atoms with Gasteiger partial charge in [-0.3, -0.25) is 19.3 Å². The van der Waals surface area contributed by atoms with Gasteiger partial charge in [0.15, 0.2) is 0 Å². The minimum atomic E-state index is -0.825. The van der Waals surface area contributed by atoms with Crippen LogP contribution in [0.5, 0.6) is 0 Å². The van der Waals surface area contributed by atoms with Gasteiger partial charge < -0.3 is 19.7 Å². The molecule has 0 atom stereocenters. The second kappa shape index (κ2) is 9.87. The number of benzene rings is 1. The average molecular weight is 477 g/mol. The Morgan fingerprint density at radius 1 is 1.06 bits per heavy atom. The molecule has 0 unspecified atom stereocenters. The van der Waals surface area contributed by atoms with E-state index in [9.17, 15) is 14.4 Å². The Bertz CT molecular complexity index is 961. The molecule has 2 aliphatic rings. The molecule has 178 valence electrons. The lowest BCUT2D eigenvalue weighted by atomic mass is 9.79. The molecule has 2 amide bonds. The Labute approximate surface area is 199 Å². The molecule has 0 radical (unpaired) electrons. The highest BCUT2D eigenvalue weighted by Crippen LogP contribution is 2.36. The molecule has 2 N–H and O–H groups in total. The molecular weight excluding hydrogens is 447 g/mol. The fourth-order valence-corrected chi connectivity index (χ4v) is 3.87. The lowest BCUT2D eigenvalue weighted by molar-refractivity contribution is -0.138. The summed E-state index contributed by atoms with van der Waals surface area (Å²) in [4.78, 5) is 37.0. The number of amides is 2. The van der Waals surface area contributed by atoms with Crippen molar-refractivity contribution in [3.63, 3.8) is 0 Å². The van der Waals surface area contributed by atoms with Crippen molar-refractivity contribution in [2.24, 2.45) is 0 Å². The van der Waals surface area contributed by atoms with Gasteiger partial charge in [0.05, 0.1) is 11.2 Å². The van der Waals surface area contributed by atoms with E-state index in [1.54, 1.807) is 6.07 Å². The van der Waals surface area contributed by atoms with Crippen LogP contribution in [0.3, 0.4) is 0 Å². The minimum Gasteiger partial charge on any atom is -0.481 e. The second-order valence-electron chi connectivity index (χ2n) is 9.35. The number of imide groups is 1. The van der Waals surface area contributed by atoms with E-state index >= 15 is 0 Å². The number of aliphatic carboxylic acids is 1. The van der Waals surface area contributed by atoms with Gasteiger partial charge in [0.2, 0.25) is 0 Å². The molecule has 0 aromatic heterocycles. The van der Waals surface area contributed by atoms with Crippen LogP contribution in [0.25, 0.3) is 0 Å². The first-order valence-corrected chi connectivity index (χ1v) is 11.5. The number of carboxylic acids is 1. The summed E-state index contributed by atoms with van der Waals surface area (Å²) in [5.74, 6) is -1.83. The number of hydrogen-bond donors (Lipinski definition) is 2. The van der Waals surface area contributed by atoms with E-state index in [0.29, 0.717) is 18.5 Å². The molecule has 1 aromatic rings. The molecule has 10 heteroatoms. The first-order chi connectivity index (χ1) is 15.4. The molecule has 0 saturated carbocycles. The Kier molecular flexibility index (Phi) is 7.56. The number of carbonyl (C=O) groups is 3. The van der Waals surface area contributed by atoms with Crippen LogP contribution < -0.4 is 10.8 Å². The second-order valence-corrected chi connectivity index (χ2v) is 9.73. The third-order valence-electron chi connectivity index (χ3n) is 6.32. The summed E-state index contributed by atoms with van der Waals surface area (Å²) in [5, 5.41) is 11.5. The Morgan fingerprint density at radius 3 is 2.33 bits per heavy atom. The van der Waals surface area contributed by atoms with Crippen LogP contribution in [0.4, 0.5) is 5.69 Å². The molecule has 0 bridgehead atoms. The Balaban J connectivity index is 1.62. The van der Waals surface area contributed by atoms with Gasteiger partial charge in [-0.05, 0) is 58.1 Å². The molecule has 0 spiro atoms. The first-order valence-electron chi connectivity index (χ1n) is 11.1. The molecule has 2 heterocycles.